The molecule has 1 N–H and O–H groups in total. The maximum Gasteiger partial charge on any atom is 0.337 e. The van der Waals surface area contributed by atoms with E-state index in [1.165, 1.54) is 19.5 Å². The van der Waals surface area contributed by atoms with Crippen LogP contribution in [-0.2, 0) is 21.8 Å². The molecule has 0 bridgehead atoms. The molecule has 0 aliphatic heterocycles. The van der Waals surface area contributed by atoms with Gasteiger partial charge >= 0.3 is 5.97 Å². The van der Waals surface area contributed by atoms with E-state index >= 15 is 0 Å². The number of rotatable bonds is 7. The zero-order chi connectivity index (χ0) is 23.9. The van der Waals surface area contributed by atoms with Crippen LogP contribution in [0.4, 0.5) is 5.69 Å². The summed E-state index contributed by atoms with van der Waals surface area (Å²) in [4.78, 5) is 16.5. The SMILES string of the molecule is COC(=O)c1ccc(C2CC2)c(S(=O)(=O)Nc2cc(-c3ncnn3C)ccc2-n2cccc2)c1. The van der Waals surface area contributed by atoms with Crippen molar-refractivity contribution in [1.82, 2.24) is 19.3 Å². The molecule has 0 radical (unpaired) electrons. The Morgan fingerprint density at radius 1 is 1.12 bits per heavy atom. The van der Waals surface area contributed by atoms with E-state index in [0.717, 1.165) is 12.8 Å². The second-order valence-electron chi connectivity index (χ2n) is 8.15. The van der Waals surface area contributed by atoms with Gasteiger partial charge in [-0.15, -0.1) is 0 Å². The zero-order valence-electron chi connectivity index (χ0n) is 18.7. The van der Waals surface area contributed by atoms with Crippen molar-refractivity contribution >= 4 is 21.7 Å². The normalized spacial score (nSPS) is 13.6. The first-order chi connectivity index (χ1) is 16.4. The third-order valence-corrected chi connectivity index (χ3v) is 7.26. The highest BCUT2D eigenvalue weighted by molar-refractivity contribution is 7.92. The maximum absolute atomic E-state index is 13.7. The molecule has 2 aromatic carbocycles. The van der Waals surface area contributed by atoms with Crippen LogP contribution in [0.3, 0.4) is 0 Å². The molecule has 10 heteroatoms. The van der Waals surface area contributed by atoms with Gasteiger partial charge in [0.15, 0.2) is 5.82 Å². The van der Waals surface area contributed by atoms with Crippen molar-refractivity contribution in [1.29, 1.82) is 0 Å². The number of hydrogen-bond acceptors (Lipinski definition) is 6. The molecule has 2 heterocycles. The molecule has 0 spiro atoms. The van der Waals surface area contributed by atoms with Gasteiger partial charge in [-0.1, -0.05) is 6.07 Å². The van der Waals surface area contributed by atoms with Crippen LogP contribution in [0.25, 0.3) is 17.1 Å². The van der Waals surface area contributed by atoms with Gasteiger partial charge < -0.3 is 9.30 Å². The fourth-order valence-electron chi connectivity index (χ4n) is 3.98. The van der Waals surface area contributed by atoms with Crippen molar-refractivity contribution in [2.24, 2.45) is 7.05 Å². The van der Waals surface area contributed by atoms with E-state index in [1.54, 1.807) is 29.9 Å². The number of sulfonamides is 1. The van der Waals surface area contributed by atoms with Crippen molar-refractivity contribution < 1.29 is 17.9 Å². The Morgan fingerprint density at radius 2 is 1.88 bits per heavy atom. The number of esters is 1. The number of carbonyl (C=O) groups excluding carboxylic acids is 1. The Bertz CT molecular complexity index is 1470. The summed E-state index contributed by atoms with van der Waals surface area (Å²) in [7, 11) is -0.998. The van der Waals surface area contributed by atoms with Gasteiger partial charge in [0.1, 0.15) is 6.33 Å². The number of carbonyl (C=O) groups is 1. The average Bonchev–Trinajstić information content (AvgIpc) is 3.35. The molecule has 0 unspecified atom stereocenters. The fraction of sp³-hybridized carbons (Fsp3) is 0.208. The largest absolute Gasteiger partial charge is 0.465 e. The molecule has 2 aromatic heterocycles. The summed E-state index contributed by atoms with van der Waals surface area (Å²) in [6, 6.07) is 13.9. The van der Waals surface area contributed by atoms with Crippen molar-refractivity contribution in [2.75, 3.05) is 11.8 Å². The van der Waals surface area contributed by atoms with Crippen LogP contribution in [-0.4, -0.2) is 40.8 Å². The third-order valence-electron chi connectivity index (χ3n) is 5.83. The maximum atomic E-state index is 13.7. The molecule has 1 aliphatic rings. The van der Waals surface area contributed by atoms with E-state index in [1.807, 2.05) is 41.2 Å². The summed E-state index contributed by atoms with van der Waals surface area (Å²) in [5, 5.41) is 4.11. The Balaban J connectivity index is 1.62. The van der Waals surface area contributed by atoms with E-state index < -0.39 is 16.0 Å². The summed E-state index contributed by atoms with van der Waals surface area (Å²) in [5.41, 5.74) is 2.62. The number of anilines is 1. The van der Waals surface area contributed by atoms with Crippen LogP contribution in [0.2, 0.25) is 0 Å². The topological polar surface area (TPSA) is 108 Å². The summed E-state index contributed by atoms with van der Waals surface area (Å²) in [6.45, 7) is 0. The Kier molecular flexibility index (Phi) is 5.45. The Labute approximate surface area is 197 Å². The van der Waals surface area contributed by atoms with Crippen LogP contribution in [0.1, 0.15) is 34.7 Å². The minimum atomic E-state index is -4.04. The summed E-state index contributed by atoms with van der Waals surface area (Å²) >= 11 is 0. The number of benzene rings is 2. The van der Waals surface area contributed by atoms with Crippen LogP contribution in [0, 0.1) is 0 Å². The second-order valence-corrected chi connectivity index (χ2v) is 9.80. The number of nitrogens with one attached hydrogen (secondary N) is 1. The lowest BCUT2D eigenvalue weighted by molar-refractivity contribution is 0.0600. The second kappa shape index (κ2) is 8.45. The predicted molar refractivity (Wildman–Crippen MR) is 126 cm³/mol. The molecular formula is C24H23N5O4S. The highest BCUT2D eigenvalue weighted by Gasteiger charge is 2.32. The predicted octanol–water partition coefficient (Wildman–Crippen LogP) is 3.74. The molecule has 34 heavy (non-hydrogen) atoms. The molecular weight excluding hydrogens is 454 g/mol. The van der Waals surface area contributed by atoms with E-state index in [-0.39, 0.29) is 16.4 Å². The third kappa shape index (κ3) is 4.08. The van der Waals surface area contributed by atoms with Gasteiger partial charge in [0, 0.05) is 25.0 Å². The molecule has 4 aromatic rings. The number of nitrogens with zero attached hydrogens (tertiary/aromatic N) is 4. The van der Waals surface area contributed by atoms with Gasteiger partial charge in [-0.25, -0.2) is 22.9 Å². The summed E-state index contributed by atoms with van der Waals surface area (Å²) < 4.78 is 38.4. The van der Waals surface area contributed by atoms with Crippen molar-refractivity contribution in [3.8, 4) is 17.1 Å². The van der Waals surface area contributed by atoms with Crippen LogP contribution in [0.5, 0.6) is 0 Å². The lowest BCUT2D eigenvalue weighted by Gasteiger charge is -2.17. The highest BCUT2D eigenvalue weighted by atomic mass is 32.2. The van der Waals surface area contributed by atoms with Crippen molar-refractivity contribution in [3.05, 3.63) is 78.4 Å². The lowest BCUT2D eigenvalue weighted by atomic mass is 10.1. The fourth-order valence-corrected chi connectivity index (χ4v) is 5.37. The smallest absolute Gasteiger partial charge is 0.337 e. The molecule has 0 amide bonds. The van der Waals surface area contributed by atoms with Crippen LogP contribution < -0.4 is 4.72 Å². The van der Waals surface area contributed by atoms with Gasteiger partial charge in [0.2, 0.25) is 0 Å². The lowest BCUT2D eigenvalue weighted by Crippen LogP contribution is -2.17. The number of hydrogen-bond donors (Lipinski definition) is 1. The quantitative estimate of drug-likeness (QED) is 0.406. The van der Waals surface area contributed by atoms with E-state index in [2.05, 4.69) is 14.8 Å². The summed E-state index contributed by atoms with van der Waals surface area (Å²) in [5.74, 6) is 0.175. The monoisotopic (exact) mass is 477 g/mol. The first kappa shape index (κ1) is 21.9. The van der Waals surface area contributed by atoms with E-state index in [9.17, 15) is 13.2 Å². The van der Waals surface area contributed by atoms with Gasteiger partial charge in [-0.3, -0.25) is 4.72 Å². The molecule has 1 aliphatic carbocycles. The van der Waals surface area contributed by atoms with Crippen molar-refractivity contribution in [2.45, 2.75) is 23.7 Å². The number of ether oxygens (including phenoxy) is 1. The van der Waals surface area contributed by atoms with E-state index in [0.29, 0.717) is 28.3 Å². The van der Waals surface area contributed by atoms with Gasteiger partial charge in [-0.2, -0.15) is 5.10 Å². The molecule has 1 fully saturated rings. The summed E-state index contributed by atoms with van der Waals surface area (Å²) in [6.07, 6.45) is 6.94. The molecule has 174 valence electrons. The molecule has 9 nitrogen and oxygen atoms in total. The molecule has 0 atom stereocenters. The number of aryl methyl sites for hydroxylation is 1. The zero-order valence-corrected chi connectivity index (χ0v) is 19.5. The minimum Gasteiger partial charge on any atom is -0.465 e. The molecule has 1 saturated carbocycles. The standard InChI is InChI=1S/C24H23N5O4S/c1-28-23(25-15-26-28)17-8-10-21(29-11-3-4-12-29)20(13-17)27-34(31,32)22-14-18(24(30)33-2)7-9-19(22)16-5-6-16/h3-4,7-16,27H,5-6H2,1-2H3. The van der Waals surface area contributed by atoms with E-state index in [4.69, 9.17) is 4.74 Å². The molecule has 0 saturated heterocycles. The number of aromatic nitrogens is 4. The van der Waals surface area contributed by atoms with Crippen LogP contribution in [0.15, 0.2) is 72.1 Å². The number of methoxy groups -OCH3 is 1. The Hall–Kier alpha value is -3.92. The average molecular weight is 478 g/mol. The van der Waals surface area contributed by atoms with Gasteiger partial charge in [-0.05, 0) is 66.8 Å². The van der Waals surface area contributed by atoms with Gasteiger partial charge in [0.25, 0.3) is 10.0 Å². The Morgan fingerprint density at radius 3 is 2.53 bits per heavy atom. The first-order valence-corrected chi connectivity index (χ1v) is 12.2. The molecule has 5 rings (SSSR count). The minimum absolute atomic E-state index is 0.0837. The van der Waals surface area contributed by atoms with Crippen molar-refractivity contribution in [3.63, 3.8) is 0 Å². The first-order valence-electron chi connectivity index (χ1n) is 10.7. The highest BCUT2D eigenvalue weighted by Crippen LogP contribution is 2.43. The van der Waals surface area contributed by atoms with Crippen LogP contribution >= 0.6 is 0 Å². The van der Waals surface area contributed by atoms with Gasteiger partial charge in [0.05, 0.1) is 28.9 Å².